The average molecular weight is 886 g/mol. The van der Waals surface area contributed by atoms with E-state index in [9.17, 15) is 19.8 Å². The zero-order valence-corrected chi connectivity index (χ0v) is 42.1. The zero-order chi connectivity index (χ0) is 45.8. The summed E-state index contributed by atoms with van der Waals surface area (Å²) in [7, 11) is 0. The minimum atomic E-state index is -0.675. The number of allylic oxidation sites excluding steroid dienone is 6. The Morgan fingerprint density at radius 1 is 0.444 bits per heavy atom. The molecule has 0 aliphatic rings. The lowest BCUT2D eigenvalue weighted by atomic mass is 10.0. The van der Waals surface area contributed by atoms with E-state index < -0.39 is 12.1 Å². The van der Waals surface area contributed by atoms with Crippen LogP contribution in [0.4, 0.5) is 0 Å². The number of ether oxygens (including phenoxy) is 1. The van der Waals surface area contributed by atoms with Gasteiger partial charge >= 0.3 is 5.97 Å². The molecular weight excluding hydrogens is 779 g/mol. The number of hydrogen-bond donors (Lipinski definition) is 3. The second kappa shape index (κ2) is 52.7. The van der Waals surface area contributed by atoms with Crippen molar-refractivity contribution in [2.75, 3.05) is 13.2 Å². The van der Waals surface area contributed by atoms with E-state index in [4.69, 9.17) is 4.74 Å². The van der Waals surface area contributed by atoms with Crippen LogP contribution in [0.25, 0.3) is 0 Å². The smallest absolute Gasteiger partial charge is 0.305 e. The third-order valence-electron chi connectivity index (χ3n) is 12.7. The number of carbonyl (C=O) groups excluding carboxylic acids is 2. The van der Waals surface area contributed by atoms with E-state index in [1.807, 2.05) is 0 Å². The van der Waals surface area contributed by atoms with Crippen LogP contribution in [0, 0.1) is 0 Å². The third kappa shape index (κ3) is 49.4. The molecule has 2 atom stereocenters. The molecule has 3 N–H and O–H groups in total. The molecule has 0 saturated heterocycles. The summed E-state index contributed by atoms with van der Waals surface area (Å²) in [6, 6.07) is -0.554. The van der Waals surface area contributed by atoms with Crippen LogP contribution in [-0.4, -0.2) is 47.4 Å². The highest BCUT2D eigenvalue weighted by molar-refractivity contribution is 5.76. The molecule has 0 spiro atoms. The van der Waals surface area contributed by atoms with Gasteiger partial charge in [-0.3, -0.25) is 9.59 Å². The Balaban J connectivity index is 3.48. The lowest BCUT2D eigenvalue weighted by Gasteiger charge is -2.22. The maximum absolute atomic E-state index is 12.5. The predicted molar refractivity (Wildman–Crippen MR) is 273 cm³/mol. The van der Waals surface area contributed by atoms with Crippen molar-refractivity contribution in [3.8, 4) is 0 Å². The molecule has 6 heteroatoms. The molecule has 0 heterocycles. The Bertz CT molecular complexity index is 1020. The second-order valence-electron chi connectivity index (χ2n) is 18.9. The Labute approximate surface area is 392 Å². The Morgan fingerprint density at radius 3 is 1.25 bits per heavy atom. The molecular formula is C57H107NO5. The number of aliphatic hydroxyl groups is 2. The molecule has 0 aliphatic carbocycles. The molecule has 0 rings (SSSR count). The fourth-order valence-electron chi connectivity index (χ4n) is 8.37. The van der Waals surface area contributed by atoms with Gasteiger partial charge in [0, 0.05) is 12.8 Å². The van der Waals surface area contributed by atoms with Crippen molar-refractivity contribution in [2.45, 2.75) is 302 Å². The van der Waals surface area contributed by atoms with E-state index in [-0.39, 0.29) is 18.5 Å². The second-order valence-corrected chi connectivity index (χ2v) is 18.9. The van der Waals surface area contributed by atoms with E-state index in [0.717, 1.165) is 70.6 Å². The zero-order valence-electron chi connectivity index (χ0n) is 42.1. The summed E-state index contributed by atoms with van der Waals surface area (Å²) < 4.78 is 5.46. The summed E-state index contributed by atoms with van der Waals surface area (Å²) in [5.41, 5.74) is 0. The van der Waals surface area contributed by atoms with Gasteiger partial charge in [-0.2, -0.15) is 0 Å². The first-order valence-electron chi connectivity index (χ1n) is 27.7. The Kier molecular flexibility index (Phi) is 51.1. The quantitative estimate of drug-likeness (QED) is 0.0321. The van der Waals surface area contributed by atoms with Crippen LogP contribution >= 0.6 is 0 Å². The highest BCUT2D eigenvalue weighted by atomic mass is 16.5. The predicted octanol–water partition coefficient (Wildman–Crippen LogP) is 16.9. The fraction of sp³-hybridized carbons (Fsp3) is 0.860. The molecule has 0 aliphatic heterocycles. The number of aliphatic hydroxyl groups excluding tert-OH is 2. The van der Waals surface area contributed by atoms with Crippen molar-refractivity contribution < 1.29 is 24.5 Å². The van der Waals surface area contributed by atoms with Gasteiger partial charge in [-0.05, 0) is 83.5 Å². The fourth-order valence-corrected chi connectivity index (χ4v) is 8.37. The summed E-state index contributed by atoms with van der Waals surface area (Å²) in [5.74, 6) is -0.0693. The standard InChI is InChI=1S/C57H107NO5/c1-3-5-7-9-11-13-15-17-21-25-29-33-37-41-45-49-55(60)54(53-59)58-56(61)50-46-42-38-34-30-26-23-19-20-24-28-32-36-40-44-48-52-63-57(62)51-47-43-39-35-31-27-22-18-16-14-12-10-8-6-4-2/h12,14,18-19,22-23,54-55,59-60H,3-11,13,15-17,20-21,24-53H2,1-2H3,(H,58,61)/b14-12-,22-18-,23-19-. The normalized spacial score (nSPS) is 12.9. The van der Waals surface area contributed by atoms with Crippen LogP contribution in [-0.2, 0) is 14.3 Å². The largest absolute Gasteiger partial charge is 0.466 e. The van der Waals surface area contributed by atoms with Gasteiger partial charge in [0.25, 0.3) is 0 Å². The highest BCUT2D eigenvalue weighted by Crippen LogP contribution is 2.16. The van der Waals surface area contributed by atoms with Crippen LogP contribution < -0.4 is 5.32 Å². The maximum atomic E-state index is 12.5. The summed E-state index contributed by atoms with van der Waals surface area (Å²) >= 11 is 0. The Morgan fingerprint density at radius 2 is 0.794 bits per heavy atom. The van der Waals surface area contributed by atoms with E-state index in [1.54, 1.807) is 0 Å². The molecule has 0 bridgehead atoms. The summed E-state index contributed by atoms with van der Waals surface area (Å²) in [4.78, 5) is 24.5. The molecule has 0 aromatic rings. The number of hydrogen-bond acceptors (Lipinski definition) is 5. The van der Waals surface area contributed by atoms with Gasteiger partial charge in [-0.15, -0.1) is 0 Å². The summed E-state index contributed by atoms with van der Waals surface area (Å²) in [6.45, 7) is 4.90. The van der Waals surface area contributed by atoms with Crippen molar-refractivity contribution in [1.82, 2.24) is 5.32 Å². The highest BCUT2D eigenvalue weighted by Gasteiger charge is 2.20. The number of unbranched alkanes of at least 4 members (excludes halogenated alkanes) is 34. The summed E-state index contributed by atoms with van der Waals surface area (Å²) in [5, 5.41) is 23.2. The lowest BCUT2D eigenvalue weighted by molar-refractivity contribution is -0.143. The monoisotopic (exact) mass is 886 g/mol. The molecule has 0 aromatic heterocycles. The summed E-state index contributed by atoms with van der Waals surface area (Å²) in [6.07, 6.45) is 64.0. The van der Waals surface area contributed by atoms with Gasteiger partial charge in [0.05, 0.1) is 25.4 Å². The third-order valence-corrected chi connectivity index (χ3v) is 12.7. The van der Waals surface area contributed by atoms with Crippen molar-refractivity contribution in [3.05, 3.63) is 36.5 Å². The molecule has 0 saturated carbocycles. The number of carbonyl (C=O) groups is 2. The molecule has 0 aromatic carbocycles. The van der Waals surface area contributed by atoms with Crippen LogP contribution in [0.2, 0.25) is 0 Å². The van der Waals surface area contributed by atoms with E-state index in [1.165, 1.54) is 186 Å². The van der Waals surface area contributed by atoms with Gasteiger partial charge in [0.15, 0.2) is 0 Å². The number of amides is 1. The molecule has 370 valence electrons. The van der Waals surface area contributed by atoms with Crippen molar-refractivity contribution in [3.63, 3.8) is 0 Å². The SMILES string of the molecule is CCCCC/C=C\C/C=C\CCCCCCCC(=O)OCCCCCCCCC/C=C\CCCCCCCC(=O)NC(CO)C(O)CCCCCCCCCCCCCCCCC. The van der Waals surface area contributed by atoms with Gasteiger partial charge in [0.1, 0.15) is 0 Å². The molecule has 2 unspecified atom stereocenters. The van der Waals surface area contributed by atoms with E-state index >= 15 is 0 Å². The molecule has 6 nitrogen and oxygen atoms in total. The molecule has 63 heavy (non-hydrogen) atoms. The van der Waals surface area contributed by atoms with Gasteiger partial charge < -0.3 is 20.3 Å². The van der Waals surface area contributed by atoms with Gasteiger partial charge in [0.2, 0.25) is 5.91 Å². The minimum Gasteiger partial charge on any atom is -0.466 e. The lowest BCUT2D eigenvalue weighted by Crippen LogP contribution is -2.45. The van der Waals surface area contributed by atoms with E-state index in [2.05, 4.69) is 55.6 Å². The topological polar surface area (TPSA) is 95.9 Å². The van der Waals surface area contributed by atoms with Crippen LogP contribution in [0.3, 0.4) is 0 Å². The number of esters is 1. The minimum absolute atomic E-state index is 0.0170. The molecule has 1 amide bonds. The first kappa shape index (κ1) is 61.1. The van der Waals surface area contributed by atoms with Crippen LogP contribution in [0.1, 0.15) is 290 Å². The molecule has 0 radical (unpaired) electrons. The number of rotatable bonds is 51. The average Bonchev–Trinajstić information content (AvgIpc) is 3.28. The van der Waals surface area contributed by atoms with Crippen LogP contribution in [0.5, 0.6) is 0 Å². The van der Waals surface area contributed by atoms with Crippen molar-refractivity contribution in [1.29, 1.82) is 0 Å². The van der Waals surface area contributed by atoms with E-state index in [0.29, 0.717) is 25.9 Å². The van der Waals surface area contributed by atoms with Crippen LogP contribution in [0.15, 0.2) is 36.5 Å². The van der Waals surface area contributed by atoms with Gasteiger partial charge in [-0.1, -0.05) is 230 Å². The maximum Gasteiger partial charge on any atom is 0.305 e. The van der Waals surface area contributed by atoms with Crippen molar-refractivity contribution >= 4 is 11.9 Å². The van der Waals surface area contributed by atoms with Crippen molar-refractivity contribution in [2.24, 2.45) is 0 Å². The Hall–Kier alpha value is -1.92. The molecule has 0 fully saturated rings. The number of nitrogens with one attached hydrogen (secondary N) is 1. The first-order chi connectivity index (χ1) is 31.0. The first-order valence-corrected chi connectivity index (χ1v) is 27.7. The van der Waals surface area contributed by atoms with Gasteiger partial charge in [-0.25, -0.2) is 0 Å².